The Labute approximate surface area is 171 Å². The van der Waals surface area contributed by atoms with Gasteiger partial charge in [0.05, 0.1) is 12.3 Å². The summed E-state index contributed by atoms with van der Waals surface area (Å²) < 4.78 is 7.54. The Bertz CT molecular complexity index is 1080. The smallest absolute Gasteiger partial charge is 0.296 e. The molecule has 3 aromatic rings. The Morgan fingerprint density at radius 1 is 1.00 bits per heavy atom. The van der Waals surface area contributed by atoms with Crippen LogP contribution >= 0.6 is 0 Å². The number of Topliss-reactive ketones (excluding diaryl/α,β-unsaturated/α-hetero) is 1. The van der Waals surface area contributed by atoms with Crippen molar-refractivity contribution in [1.29, 1.82) is 0 Å². The highest BCUT2D eigenvalue weighted by Crippen LogP contribution is 2.26. The van der Waals surface area contributed by atoms with Gasteiger partial charge >= 0.3 is 0 Å². The van der Waals surface area contributed by atoms with Crippen molar-refractivity contribution < 1.29 is 14.3 Å². The van der Waals surface area contributed by atoms with Gasteiger partial charge in [-0.1, -0.05) is 29.8 Å². The van der Waals surface area contributed by atoms with Gasteiger partial charge in [-0.05, 0) is 64.4 Å². The first-order valence-corrected chi connectivity index (χ1v) is 9.67. The maximum atomic E-state index is 12.9. The number of aromatic nitrogens is 1. The highest BCUT2D eigenvalue weighted by atomic mass is 16.5. The van der Waals surface area contributed by atoms with Crippen LogP contribution in [0.3, 0.4) is 0 Å². The fraction of sp³-hybridized carbons (Fsp3) is 0.250. The first-order chi connectivity index (χ1) is 13.8. The summed E-state index contributed by atoms with van der Waals surface area (Å²) in [6.45, 7) is 10.2. The molecule has 0 aliphatic heterocycles. The predicted octanol–water partition coefficient (Wildman–Crippen LogP) is 4.93. The predicted molar refractivity (Wildman–Crippen MR) is 115 cm³/mol. The van der Waals surface area contributed by atoms with Crippen LogP contribution in [0.2, 0.25) is 0 Å². The van der Waals surface area contributed by atoms with Gasteiger partial charge in [0, 0.05) is 22.6 Å². The standard InChI is InChI=1S/C24H26N2O3/c1-6-29-22-10-8-7-9-20(22)25-24(28)23(27)19-14-17(4)26(18(19)5)21-12-11-15(2)13-16(21)3/h7-14H,6H2,1-5H3,(H,25,28). The van der Waals surface area contributed by atoms with Crippen molar-refractivity contribution in [3.8, 4) is 11.4 Å². The quantitative estimate of drug-likeness (QED) is 0.479. The lowest BCUT2D eigenvalue weighted by Crippen LogP contribution is -2.23. The molecule has 0 fully saturated rings. The van der Waals surface area contributed by atoms with E-state index >= 15 is 0 Å². The molecule has 5 heteroatoms. The SMILES string of the molecule is CCOc1ccccc1NC(=O)C(=O)c1cc(C)n(-c2ccc(C)cc2C)c1C. The van der Waals surface area contributed by atoms with Crippen LogP contribution in [0.1, 0.15) is 39.8 Å². The number of hydrogen-bond acceptors (Lipinski definition) is 3. The number of benzene rings is 2. The molecule has 5 nitrogen and oxygen atoms in total. The monoisotopic (exact) mass is 390 g/mol. The molecule has 1 heterocycles. The Hall–Kier alpha value is -3.34. The second kappa shape index (κ2) is 8.35. The molecular formula is C24H26N2O3. The van der Waals surface area contributed by atoms with Crippen molar-refractivity contribution in [2.75, 3.05) is 11.9 Å². The summed E-state index contributed by atoms with van der Waals surface area (Å²) in [5.74, 6) is -0.713. The molecule has 0 unspecified atom stereocenters. The van der Waals surface area contributed by atoms with E-state index in [2.05, 4.69) is 11.4 Å². The third-order valence-electron chi connectivity index (χ3n) is 4.91. The third kappa shape index (κ3) is 4.09. The minimum Gasteiger partial charge on any atom is -0.492 e. The number of hydrogen-bond donors (Lipinski definition) is 1. The number of nitrogens with one attached hydrogen (secondary N) is 1. The number of aryl methyl sites for hydroxylation is 3. The minimum absolute atomic E-state index is 0.397. The van der Waals surface area contributed by atoms with Gasteiger partial charge in [-0.15, -0.1) is 0 Å². The second-order valence-electron chi connectivity index (χ2n) is 7.12. The minimum atomic E-state index is -0.682. The highest BCUT2D eigenvalue weighted by Gasteiger charge is 2.24. The van der Waals surface area contributed by atoms with Crippen LogP contribution in [0.25, 0.3) is 5.69 Å². The lowest BCUT2D eigenvalue weighted by atomic mass is 10.1. The van der Waals surface area contributed by atoms with E-state index in [1.54, 1.807) is 24.3 Å². The molecule has 1 N–H and O–H groups in total. The summed E-state index contributed by atoms with van der Waals surface area (Å²) in [7, 11) is 0. The van der Waals surface area contributed by atoms with Gasteiger partial charge in [0.25, 0.3) is 11.7 Å². The molecule has 0 radical (unpaired) electrons. The zero-order valence-electron chi connectivity index (χ0n) is 17.5. The average Bonchev–Trinajstić information content (AvgIpc) is 2.97. The number of para-hydroxylation sites is 2. The van der Waals surface area contributed by atoms with Crippen LogP contribution in [0, 0.1) is 27.7 Å². The van der Waals surface area contributed by atoms with E-state index in [-0.39, 0.29) is 0 Å². The maximum absolute atomic E-state index is 12.9. The second-order valence-corrected chi connectivity index (χ2v) is 7.12. The van der Waals surface area contributed by atoms with Crippen LogP contribution in [-0.2, 0) is 4.79 Å². The third-order valence-corrected chi connectivity index (χ3v) is 4.91. The Morgan fingerprint density at radius 2 is 1.72 bits per heavy atom. The number of amides is 1. The van der Waals surface area contributed by atoms with E-state index < -0.39 is 11.7 Å². The lowest BCUT2D eigenvalue weighted by molar-refractivity contribution is -0.112. The van der Waals surface area contributed by atoms with E-state index in [0.717, 1.165) is 22.6 Å². The Balaban J connectivity index is 1.92. The first kappa shape index (κ1) is 20.4. The fourth-order valence-electron chi connectivity index (χ4n) is 3.57. The number of nitrogens with zero attached hydrogens (tertiary/aromatic N) is 1. The average molecular weight is 390 g/mol. The van der Waals surface area contributed by atoms with E-state index in [4.69, 9.17) is 4.74 Å². The summed E-state index contributed by atoms with van der Waals surface area (Å²) >= 11 is 0. The molecule has 150 valence electrons. The molecule has 0 spiro atoms. The van der Waals surface area contributed by atoms with Crippen molar-refractivity contribution in [2.45, 2.75) is 34.6 Å². The maximum Gasteiger partial charge on any atom is 0.296 e. The van der Waals surface area contributed by atoms with Gasteiger partial charge in [-0.25, -0.2) is 0 Å². The largest absolute Gasteiger partial charge is 0.492 e. The van der Waals surface area contributed by atoms with Crippen LogP contribution in [0.5, 0.6) is 5.75 Å². The lowest BCUT2D eigenvalue weighted by Gasteiger charge is -2.14. The number of ether oxygens (including phenoxy) is 1. The molecule has 1 aromatic heterocycles. The van der Waals surface area contributed by atoms with Gasteiger partial charge in [-0.2, -0.15) is 0 Å². The van der Waals surface area contributed by atoms with E-state index in [9.17, 15) is 9.59 Å². The van der Waals surface area contributed by atoms with Crippen LogP contribution < -0.4 is 10.1 Å². The molecule has 1 amide bonds. The molecule has 0 saturated carbocycles. The van der Waals surface area contributed by atoms with Crippen LogP contribution in [0.4, 0.5) is 5.69 Å². The zero-order valence-corrected chi connectivity index (χ0v) is 17.5. The van der Waals surface area contributed by atoms with Gasteiger partial charge in [0.15, 0.2) is 0 Å². The van der Waals surface area contributed by atoms with Gasteiger partial charge < -0.3 is 14.6 Å². The normalized spacial score (nSPS) is 10.7. The van der Waals surface area contributed by atoms with Gasteiger partial charge in [0.1, 0.15) is 5.75 Å². The molecule has 29 heavy (non-hydrogen) atoms. The van der Waals surface area contributed by atoms with Crippen molar-refractivity contribution >= 4 is 17.4 Å². The summed E-state index contributed by atoms with van der Waals surface area (Å²) in [5.41, 5.74) is 5.82. The van der Waals surface area contributed by atoms with Crippen molar-refractivity contribution in [2.24, 2.45) is 0 Å². The van der Waals surface area contributed by atoms with Crippen LogP contribution in [0.15, 0.2) is 48.5 Å². The summed E-state index contributed by atoms with van der Waals surface area (Å²) in [6, 6.07) is 15.0. The number of carbonyl (C=O) groups excluding carboxylic acids is 2. The van der Waals surface area contributed by atoms with E-state index in [0.29, 0.717) is 23.6 Å². The summed E-state index contributed by atoms with van der Waals surface area (Å²) in [6.07, 6.45) is 0. The molecular weight excluding hydrogens is 364 g/mol. The van der Waals surface area contributed by atoms with Crippen LogP contribution in [-0.4, -0.2) is 22.9 Å². The molecule has 2 aromatic carbocycles. The molecule has 0 aliphatic rings. The first-order valence-electron chi connectivity index (χ1n) is 9.67. The molecule has 0 saturated heterocycles. The molecule has 0 aliphatic carbocycles. The van der Waals surface area contributed by atoms with Gasteiger partial charge in [0.2, 0.25) is 0 Å². The summed E-state index contributed by atoms with van der Waals surface area (Å²) in [5, 5.41) is 2.69. The topological polar surface area (TPSA) is 60.3 Å². The molecule has 3 rings (SSSR count). The fourth-order valence-corrected chi connectivity index (χ4v) is 3.57. The summed E-state index contributed by atoms with van der Waals surface area (Å²) in [4.78, 5) is 25.6. The number of rotatable bonds is 6. The molecule has 0 bridgehead atoms. The number of anilines is 1. The van der Waals surface area contributed by atoms with Gasteiger partial charge in [-0.3, -0.25) is 9.59 Å². The van der Waals surface area contributed by atoms with E-state index in [1.807, 2.05) is 57.4 Å². The Morgan fingerprint density at radius 3 is 2.41 bits per heavy atom. The van der Waals surface area contributed by atoms with Crippen molar-refractivity contribution in [3.63, 3.8) is 0 Å². The number of carbonyl (C=O) groups is 2. The van der Waals surface area contributed by atoms with Crippen molar-refractivity contribution in [1.82, 2.24) is 4.57 Å². The highest BCUT2D eigenvalue weighted by molar-refractivity contribution is 6.47. The number of ketones is 1. The Kier molecular flexibility index (Phi) is 5.87. The van der Waals surface area contributed by atoms with E-state index in [1.165, 1.54) is 5.56 Å². The zero-order chi connectivity index (χ0) is 21.1. The molecule has 0 atom stereocenters. The van der Waals surface area contributed by atoms with Crippen molar-refractivity contribution in [3.05, 3.63) is 76.6 Å².